The number of rotatable bonds is 7. The predicted molar refractivity (Wildman–Crippen MR) is 117 cm³/mol. The number of halogens is 1. The quantitative estimate of drug-likeness (QED) is 0.506. The third kappa shape index (κ3) is 5.30. The second-order valence-electron chi connectivity index (χ2n) is 6.75. The molecule has 5 heteroatoms. The summed E-state index contributed by atoms with van der Waals surface area (Å²) in [6.45, 7) is 6.70. The van der Waals surface area contributed by atoms with Gasteiger partial charge in [0.1, 0.15) is 6.61 Å². The number of nitrogens with one attached hydrogen (secondary N) is 1. The smallest absolute Gasteiger partial charge is 0.255 e. The van der Waals surface area contributed by atoms with Gasteiger partial charge in [-0.25, -0.2) is 0 Å². The number of carbonyl (C=O) groups is 1. The molecule has 0 saturated carbocycles. The summed E-state index contributed by atoms with van der Waals surface area (Å²) in [5.74, 6) is 0.615. The summed E-state index contributed by atoms with van der Waals surface area (Å²) in [7, 11) is 0. The number of benzene rings is 3. The van der Waals surface area contributed by atoms with Crippen LogP contribution in [0.25, 0.3) is 0 Å². The molecule has 0 bridgehead atoms. The van der Waals surface area contributed by atoms with E-state index in [-0.39, 0.29) is 5.91 Å². The summed E-state index contributed by atoms with van der Waals surface area (Å²) in [4.78, 5) is 12.8. The van der Waals surface area contributed by atoms with Gasteiger partial charge in [0.05, 0.1) is 11.6 Å². The largest absolute Gasteiger partial charge is 0.488 e. The Morgan fingerprint density at radius 3 is 2.41 bits per heavy atom. The molecule has 0 aliphatic heterocycles. The molecular formula is C24H24ClNO3. The molecule has 29 heavy (non-hydrogen) atoms. The second-order valence-corrected chi connectivity index (χ2v) is 7.15. The topological polar surface area (TPSA) is 47.6 Å². The zero-order valence-corrected chi connectivity index (χ0v) is 17.5. The van der Waals surface area contributed by atoms with Gasteiger partial charge in [-0.15, -0.1) is 0 Å². The van der Waals surface area contributed by atoms with Crippen molar-refractivity contribution in [1.29, 1.82) is 0 Å². The van der Waals surface area contributed by atoms with E-state index in [1.807, 2.05) is 69.3 Å². The van der Waals surface area contributed by atoms with Crippen LogP contribution in [0.1, 0.15) is 34.0 Å². The number of ether oxygens (including phenoxy) is 2. The third-order valence-electron chi connectivity index (χ3n) is 4.56. The minimum absolute atomic E-state index is 0.261. The molecule has 0 spiro atoms. The number of hydrogen-bond acceptors (Lipinski definition) is 3. The van der Waals surface area contributed by atoms with E-state index in [1.54, 1.807) is 12.1 Å². The van der Waals surface area contributed by atoms with Crippen molar-refractivity contribution in [2.75, 3.05) is 11.9 Å². The van der Waals surface area contributed by atoms with Crippen LogP contribution in [0.2, 0.25) is 5.02 Å². The van der Waals surface area contributed by atoms with Crippen molar-refractivity contribution in [2.45, 2.75) is 27.4 Å². The van der Waals surface area contributed by atoms with Crippen molar-refractivity contribution in [3.8, 4) is 11.5 Å². The Kier molecular flexibility index (Phi) is 6.78. The fourth-order valence-corrected chi connectivity index (χ4v) is 3.11. The maximum absolute atomic E-state index is 12.8. The van der Waals surface area contributed by atoms with E-state index in [9.17, 15) is 4.79 Å². The highest BCUT2D eigenvalue weighted by Crippen LogP contribution is 2.37. The van der Waals surface area contributed by atoms with Crippen molar-refractivity contribution in [2.24, 2.45) is 0 Å². The lowest BCUT2D eigenvalue weighted by Crippen LogP contribution is -2.13. The standard InChI is InChI=1S/C24H24ClNO3/c1-4-28-23-21(25)13-19(14-22(23)29-15-18-8-6-5-7-9-18)24(27)26-20-11-10-16(2)17(3)12-20/h5-14H,4,15H2,1-3H3,(H,26,27). The van der Waals surface area contributed by atoms with Gasteiger partial charge < -0.3 is 14.8 Å². The summed E-state index contributed by atoms with van der Waals surface area (Å²) in [5.41, 5.74) is 4.42. The Balaban J connectivity index is 1.85. The van der Waals surface area contributed by atoms with Gasteiger partial charge in [-0.1, -0.05) is 48.0 Å². The highest BCUT2D eigenvalue weighted by atomic mass is 35.5. The molecule has 0 aliphatic rings. The van der Waals surface area contributed by atoms with Crippen LogP contribution in [0, 0.1) is 13.8 Å². The van der Waals surface area contributed by atoms with Crippen molar-refractivity contribution < 1.29 is 14.3 Å². The Labute approximate surface area is 176 Å². The van der Waals surface area contributed by atoms with E-state index in [1.165, 1.54) is 5.56 Å². The summed E-state index contributed by atoms with van der Waals surface area (Å²) in [6.07, 6.45) is 0. The monoisotopic (exact) mass is 409 g/mol. The van der Waals surface area contributed by atoms with Gasteiger partial charge in [-0.05, 0) is 61.7 Å². The molecule has 0 fully saturated rings. The van der Waals surface area contributed by atoms with Crippen molar-refractivity contribution in [3.05, 3.63) is 87.9 Å². The maximum Gasteiger partial charge on any atom is 0.255 e. The molecule has 3 rings (SSSR count). The minimum atomic E-state index is -0.261. The van der Waals surface area contributed by atoms with E-state index in [0.29, 0.717) is 35.3 Å². The highest BCUT2D eigenvalue weighted by Gasteiger charge is 2.17. The van der Waals surface area contributed by atoms with Gasteiger partial charge in [0.15, 0.2) is 11.5 Å². The lowest BCUT2D eigenvalue weighted by atomic mass is 10.1. The van der Waals surface area contributed by atoms with Crippen LogP contribution in [0.5, 0.6) is 11.5 Å². The van der Waals surface area contributed by atoms with Gasteiger partial charge in [-0.2, -0.15) is 0 Å². The van der Waals surface area contributed by atoms with Crippen molar-refractivity contribution in [1.82, 2.24) is 0 Å². The zero-order chi connectivity index (χ0) is 20.8. The first-order valence-corrected chi connectivity index (χ1v) is 9.87. The van der Waals surface area contributed by atoms with Crippen molar-refractivity contribution >= 4 is 23.2 Å². The van der Waals surface area contributed by atoms with Gasteiger partial charge in [-0.3, -0.25) is 4.79 Å². The number of carbonyl (C=O) groups excluding carboxylic acids is 1. The highest BCUT2D eigenvalue weighted by molar-refractivity contribution is 6.32. The molecule has 1 amide bonds. The molecule has 0 unspecified atom stereocenters. The first-order valence-electron chi connectivity index (χ1n) is 9.49. The molecule has 0 heterocycles. The van der Waals surface area contributed by atoms with E-state index < -0.39 is 0 Å². The average Bonchev–Trinajstić information content (AvgIpc) is 2.71. The predicted octanol–water partition coefficient (Wildman–Crippen LogP) is 6.19. The summed E-state index contributed by atoms with van der Waals surface area (Å²) in [5, 5.41) is 3.25. The fraction of sp³-hybridized carbons (Fsp3) is 0.208. The number of amides is 1. The Morgan fingerprint density at radius 2 is 1.72 bits per heavy atom. The molecule has 3 aromatic carbocycles. The Hall–Kier alpha value is -2.98. The van der Waals surface area contributed by atoms with E-state index in [2.05, 4.69) is 5.32 Å². The summed E-state index contributed by atoms with van der Waals surface area (Å²) >= 11 is 6.40. The number of anilines is 1. The van der Waals surface area contributed by atoms with Gasteiger partial charge in [0, 0.05) is 11.3 Å². The minimum Gasteiger partial charge on any atom is -0.488 e. The Morgan fingerprint density at radius 1 is 0.966 bits per heavy atom. The number of aryl methyl sites for hydroxylation is 2. The summed E-state index contributed by atoms with van der Waals surface area (Å²) < 4.78 is 11.6. The van der Waals surface area contributed by atoms with E-state index >= 15 is 0 Å². The van der Waals surface area contributed by atoms with Gasteiger partial charge >= 0.3 is 0 Å². The molecule has 4 nitrogen and oxygen atoms in total. The van der Waals surface area contributed by atoms with Crippen LogP contribution in [-0.2, 0) is 6.61 Å². The molecule has 0 radical (unpaired) electrons. The number of hydrogen-bond donors (Lipinski definition) is 1. The molecule has 0 aromatic heterocycles. The van der Waals surface area contributed by atoms with E-state index in [4.69, 9.17) is 21.1 Å². The Bertz CT molecular complexity index is 1000. The van der Waals surface area contributed by atoms with Crippen LogP contribution in [-0.4, -0.2) is 12.5 Å². The third-order valence-corrected chi connectivity index (χ3v) is 4.84. The van der Waals surface area contributed by atoms with Crippen LogP contribution in [0.15, 0.2) is 60.7 Å². The zero-order valence-electron chi connectivity index (χ0n) is 16.8. The van der Waals surface area contributed by atoms with Crippen LogP contribution in [0.4, 0.5) is 5.69 Å². The molecule has 3 aromatic rings. The molecule has 150 valence electrons. The first kappa shape index (κ1) is 20.7. The van der Waals surface area contributed by atoms with Crippen LogP contribution in [0.3, 0.4) is 0 Å². The molecule has 0 saturated heterocycles. The fourth-order valence-electron chi connectivity index (χ4n) is 2.85. The van der Waals surface area contributed by atoms with Gasteiger partial charge in [0.25, 0.3) is 5.91 Å². The van der Waals surface area contributed by atoms with E-state index in [0.717, 1.165) is 16.8 Å². The van der Waals surface area contributed by atoms with Gasteiger partial charge in [0.2, 0.25) is 0 Å². The molecule has 0 aliphatic carbocycles. The summed E-state index contributed by atoms with van der Waals surface area (Å²) in [6, 6.07) is 18.8. The lowest BCUT2D eigenvalue weighted by Gasteiger charge is -2.15. The normalized spacial score (nSPS) is 10.5. The molecule has 1 N–H and O–H groups in total. The second kappa shape index (κ2) is 9.48. The van der Waals surface area contributed by atoms with Crippen LogP contribution < -0.4 is 14.8 Å². The lowest BCUT2D eigenvalue weighted by molar-refractivity contribution is 0.102. The first-order chi connectivity index (χ1) is 14.0. The SMILES string of the molecule is CCOc1c(Cl)cc(C(=O)Nc2ccc(C)c(C)c2)cc1OCc1ccccc1. The maximum atomic E-state index is 12.8. The van der Waals surface area contributed by atoms with Crippen LogP contribution >= 0.6 is 11.6 Å². The average molecular weight is 410 g/mol. The molecular weight excluding hydrogens is 386 g/mol. The van der Waals surface area contributed by atoms with Crippen molar-refractivity contribution in [3.63, 3.8) is 0 Å². The molecule has 0 atom stereocenters.